The highest BCUT2D eigenvalue weighted by molar-refractivity contribution is 7.90. The van der Waals surface area contributed by atoms with Gasteiger partial charge in [0.25, 0.3) is 15.9 Å². The number of fused-ring (bicyclic) bond motifs is 4. The van der Waals surface area contributed by atoms with Crippen molar-refractivity contribution in [2.24, 2.45) is 0 Å². The number of nitrogens with zero attached hydrogens (tertiary/aromatic N) is 4. The van der Waals surface area contributed by atoms with Crippen molar-refractivity contribution >= 4 is 20.9 Å². The van der Waals surface area contributed by atoms with E-state index in [0.717, 1.165) is 16.6 Å². The van der Waals surface area contributed by atoms with Gasteiger partial charge in [0.1, 0.15) is 0 Å². The molecule has 0 radical (unpaired) electrons. The lowest BCUT2D eigenvalue weighted by Gasteiger charge is -2.29. The zero-order valence-electron chi connectivity index (χ0n) is 24.8. The fourth-order valence-corrected chi connectivity index (χ4v) is 7.89. The number of benzene rings is 3. The van der Waals surface area contributed by atoms with Gasteiger partial charge in [0.05, 0.1) is 35.9 Å². The number of methoxy groups -OCH3 is 2. The van der Waals surface area contributed by atoms with Gasteiger partial charge in [-0.25, -0.2) is 16.8 Å². The fraction of sp³-hybridized carbons (Fsp3) is 0.212. The van der Waals surface area contributed by atoms with Crippen LogP contribution in [0.1, 0.15) is 30.0 Å². The molecule has 6 aromatic rings. The zero-order chi connectivity index (χ0) is 30.9. The molecule has 7 rings (SSSR count). The van der Waals surface area contributed by atoms with Crippen LogP contribution in [0.15, 0.2) is 76.3 Å². The summed E-state index contributed by atoms with van der Waals surface area (Å²) < 4.78 is 64.1. The highest BCUT2D eigenvalue weighted by Crippen LogP contribution is 2.53. The van der Waals surface area contributed by atoms with Gasteiger partial charge in [-0.05, 0) is 51.5 Å². The van der Waals surface area contributed by atoms with Gasteiger partial charge in [-0.2, -0.15) is 4.98 Å². The SMILES string of the molecule is COc1cc2c(c(F)c1OC)CC(C)n1c(C)c(-c3cn(S(=O)(=O)c4ccccc4)c4ccccc34)c(-c3nc(C)no3)c1-2. The molecule has 0 spiro atoms. The zero-order valence-corrected chi connectivity index (χ0v) is 25.6. The lowest BCUT2D eigenvalue weighted by Crippen LogP contribution is -2.19. The van der Waals surface area contributed by atoms with E-state index in [4.69, 9.17) is 14.0 Å². The molecule has 0 fully saturated rings. The molecule has 3 aromatic carbocycles. The predicted octanol–water partition coefficient (Wildman–Crippen LogP) is 6.95. The highest BCUT2D eigenvalue weighted by Gasteiger charge is 2.37. The largest absolute Gasteiger partial charge is 0.493 e. The van der Waals surface area contributed by atoms with Crippen LogP contribution in [0.25, 0.3) is 44.7 Å². The van der Waals surface area contributed by atoms with Gasteiger partial charge < -0.3 is 18.6 Å². The van der Waals surface area contributed by atoms with Crippen molar-refractivity contribution < 1.29 is 26.8 Å². The number of hydrogen-bond donors (Lipinski definition) is 0. The summed E-state index contributed by atoms with van der Waals surface area (Å²) in [5, 5.41) is 4.79. The molecule has 0 saturated heterocycles. The van der Waals surface area contributed by atoms with E-state index in [2.05, 4.69) is 14.7 Å². The van der Waals surface area contributed by atoms with Crippen LogP contribution in [0.3, 0.4) is 0 Å². The van der Waals surface area contributed by atoms with Crippen molar-refractivity contribution in [3.8, 4) is 45.3 Å². The molecule has 1 aliphatic rings. The van der Waals surface area contributed by atoms with E-state index in [0.29, 0.717) is 45.7 Å². The van der Waals surface area contributed by atoms with Crippen molar-refractivity contribution in [2.45, 2.75) is 38.1 Å². The lowest BCUT2D eigenvalue weighted by molar-refractivity contribution is 0.334. The Balaban J connectivity index is 1.60. The van der Waals surface area contributed by atoms with Crippen molar-refractivity contribution in [1.29, 1.82) is 0 Å². The van der Waals surface area contributed by atoms with Crippen LogP contribution < -0.4 is 9.47 Å². The number of hydrogen-bond acceptors (Lipinski definition) is 7. The Morgan fingerprint density at radius 1 is 0.977 bits per heavy atom. The van der Waals surface area contributed by atoms with Crippen molar-refractivity contribution in [3.05, 3.63) is 89.8 Å². The Bertz CT molecular complexity index is 2200. The van der Waals surface area contributed by atoms with Crippen LogP contribution in [0.4, 0.5) is 4.39 Å². The molecule has 3 aromatic heterocycles. The maximum atomic E-state index is 16.0. The smallest absolute Gasteiger partial charge is 0.268 e. The Kier molecular flexibility index (Phi) is 6.40. The normalized spacial score (nSPS) is 14.5. The summed E-state index contributed by atoms with van der Waals surface area (Å²) in [6.07, 6.45) is 2.05. The number of para-hydroxylation sites is 1. The third-order valence-corrected chi connectivity index (χ3v) is 10.0. The molecule has 1 unspecified atom stereocenters. The summed E-state index contributed by atoms with van der Waals surface area (Å²) in [7, 11) is -1.06. The van der Waals surface area contributed by atoms with Crippen LogP contribution in [0, 0.1) is 19.7 Å². The molecule has 1 aliphatic heterocycles. The Morgan fingerprint density at radius 3 is 2.39 bits per heavy atom. The number of rotatable bonds is 6. The van der Waals surface area contributed by atoms with E-state index >= 15 is 4.39 Å². The maximum Gasteiger partial charge on any atom is 0.268 e. The third-order valence-electron chi connectivity index (χ3n) is 8.35. The van der Waals surface area contributed by atoms with Crippen LogP contribution in [-0.4, -0.2) is 41.3 Å². The van der Waals surface area contributed by atoms with Gasteiger partial charge in [0.15, 0.2) is 23.1 Å². The van der Waals surface area contributed by atoms with Gasteiger partial charge in [-0.15, -0.1) is 0 Å². The van der Waals surface area contributed by atoms with E-state index in [-0.39, 0.29) is 28.3 Å². The minimum atomic E-state index is -3.94. The summed E-state index contributed by atoms with van der Waals surface area (Å²) in [5.74, 6) is 0.481. The topological polar surface area (TPSA) is 101 Å². The monoisotopic (exact) mass is 612 g/mol. The van der Waals surface area contributed by atoms with E-state index in [9.17, 15) is 8.42 Å². The predicted molar refractivity (Wildman–Crippen MR) is 164 cm³/mol. The molecule has 0 aliphatic carbocycles. The van der Waals surface area contributed by atoms with Gasteiger partial charge >= 0.3 is 0 Å². The summed E-state index contributed by atoms with van der Waals surface area (Å²) in [6.45, 7) is 5.72. The Labute approximate surface area is 253 Å². The average Bonchev–Trinajstić information content (AvgIpc) is 3.71. The minimum Gasteiger partial charge on any atom is -0.493 e. The second-order valence-corrected chi connectivity index (χ2v) is 12.7. The molecule has 0 N–H and O–H groups in total. The van der Waals surface area contributed by atoms with Crippen LogP contribution in [0.2, 0.25) is 0 Å². The molecular formula is C33H29FN4O5S. The van der Waals surface area contributed by atoms with Crippen LogP contribution in [-0.2, 0) is 16.4 Å². The Morgan fingerprint density at radius 2 is 1.70 bits per heavy atom. The Hall–Kier alpha value is -4.90. The third kappa shape index (κ3) is 3.92. The molecule has 44 heavy (non-hydrogen) atoms. The summed E-state index contributed by atoms with van der Waals surface area (Å²) in [6, 6.07) is 17.3. The molecule has 4 heterocycles. The second-order valence-electron chi connectivity index (χ2n) is 10.9. The molecule has 224 valence electrons. The highest BCUT2D eigenvalue weighted by atomic mass is 32.2. The molecule has 1 atom stereocenters. The van der Waals surface area contributed by atoms with Crippen molar-refractivity contribution in [2.75, 3.05) is 14.2 Å². The molecule has 0 bridgehead atoms. The average molecular weight is 613 g/mol. The van der Waals surface area contributed by atoms with E-state index in [1.165, 1.54) is 18.2 Å². The fourth-order valence-electron chi connectivity index (χ4n) is 6.50. The first-order valence-electron chi connectivity index (χ1n) is 14.1. The van der Waals surface area contributed by atoms with Crippen LogP contribution >= 0.6 is 0 Å². The molecule has 9 nitrogen and oxygen atoms in total. The summed E-state index contributed by atoms with van der Waals surface area (Å²) in [5.41, 5.74) is 5.11. The van der Waals surface area contributed by atoms with E-state index < -0.39 is 15.8 Å². The van der Waals surface area contributed by atoms with E-state index in [1.807, 2.05) is 32.0 Å². The molecule has 11 heteroatoms. The quantitative estimate of drug-likeness (QED) is 0.201. The first kappa shape index (κ1) is 27.9. The van der Waals surface area contributed by atoms with Gasteiger partial charge in [0.2, 0.25) is 0 Å². The standard InChI is InChI=1S/C33H29FN4O5S/c1-18-15-23-24(16-27(41-4)32(42-5)30(23)34)31-29(33-35-20(3)36-43-33)28(19(2)38(18)31)25-17-37(26-14-10-9-13-22(25)26)44(39,40)21-11-7-6-8-12-21/h6-14,16-18H,15H2,1-5H3. The number of halogens is 1. The number of aromatic nitrogens is 4. The molecular weight excluding hydrogens is 583 g/mol. The van der Waals surface area contributed by atoms with Gasteiger partial charge in [-0.3, -0.25) is 0 Å². The lowest BCUT2D eigenvalue weighted by atomic mass is 9.90. The van der Waals surface area contributed by atoms with Gasteiger partial charge in [0, 0.05) is 45.6 Å². The first-order chi connectivity index (χ1) is 21.2. The summed E-state index contributed by atoms with van der Waals surface area (Å²) >= 11 is 0. The minimum absolute atomic E-state index is 0.0415. The first-order valence-corrected chi connectivity index (χ1v) is 15.5. The second kappa shape index (κ2) is 10.1. The molecule has 0 amide bonds. The number of aryl methyl sites for hydroxylation is 1. The molecule has 0 saturated carbocycles. The number of ether oxygens (including phenoxy) is 2. The maximum absolute atomic E-state index is 16.0. The van der Waals surface area contributed by atoms with Crippen molar-refractivity contribution in [3.63, 3.8) is 0 Å². The van der Waals surface area contributed by atoms with Crippen LogP contribution in [0.5, 0.6) is 11.5 Å². The van der Waals surface area contributed by atoms with Gasteiger partial charge in [-0.1, -0.05) is 41.6 Å². The van der Waals surface area contributed by atoms with Crippen molar-refractivity contribution in [1.82, 2.24) is 18.7 Å². The summed E-state index contributed by atoms with van der Waals surface area (Å²) in [4.78, 5) is 4.78. The van der Waals surface area contributed by atoms with E-state index in [1.54, 1.807) is 55.6 Å².